The summed E-state index contributed by atoms with van der Waals surface area (Å²) < 4.78 is 10.8. The molecular weight excluding hydrogens is 270 g/mol. The van der Waals surface area contributed by atoms with Crippen LogP contribution in [0.1, 0.15) is 38.4 Å². The first kappa shape index (κ1) is 15.6. The number of rotatable bonds is 7. The number of ether oxygens (including phenoxy) is 2. The van der Waals surface area contributed by atoms with Crippen molar-refractivity contribution < 1.29 is 19.4 Å². The van der Waals surface area contributed by atoms with E-state index in [0.29, 0.717) is 24.1 Å². The number of aliphatic hydroxyl groups is 1. The van der Waals surface area contributed by atoms with E-state index in [4.69, 9.17) is 9.47 Å². The van der Waals surface area contributed by atoms with Crippen LogP contribution in [0.2, 0.25) is 0 Å². The van der Waals surface area contributed by atoms with E-state index in [2.05, 4.69) is 0 Å². The molecule has 5 heteroatoms. The van der Waals surface area contributed by atoms with Gasteiger partial charge < -0.3 is 19.5 Å². The third-order valence-electron chi connectivity index (χ3n) is 3.67. The van der Waals surface area contributed by atoms with Crippen LogP contribution in [0, 0.1) is 0 Å². The summed E-state index contributed by atoms with van der Waals surface area (Å²) in [4.78, 5) is 14.0. The van der Waals surface area contributed by atoms with Crippen LogP contribution in [-0.2, 0) is 4.79 Å². The van der Waals surface area contributed by atoms with Gasteiger partial charge in [0.05, 0.1) is 13.2 Å². The summed E-state index contributed by atoms with van der Waals surface area (Å²) in [6.45, 7) is 4.39. The number of nitrogens with zero attached hydrogens (tertiary/aromatic N) is 1. The summed E-state index contributed by atoms with van der Waals surface area (Å²) in [6.07, 6.45) is 1.61. The van der Waals surface area contributed by atoms with Crippen molar-refractivity contribution >= 4 is 5.91 Å². The Morgan fingerprint density at radius 1 is 1.43 bits per heavy atom. The van der Waals surface area contributed by atoms with E-state index in [-0.39, 0.29) is 12.5 Å². The van der Waals surface area contributed by atoms with Crippen molar-refractivity contribution in [2.45, 2.75) is 38.8 Å². The Bertz CT molecular complexity index is 497. The lowest BCUT2D eigenvalue weighted by Gasteiger charge is -2.21. The molecule has 21 heavy (non-hydrogen) atoms. The van der Waals surface area contributed by atoms with Crippen molar-refractivity contribution in [2.24, 2.45) is 0 Å². The normalized spacial score (nSPS) is 15.4. The molecular formula is C16H23NO4. The zero-order valence-corrected chi connectivity index (χ0v) is 12.8. The first-order valence-electron chi connectivity index (χ1n) is 7.35. The quantitative estimate of drug-likeness (QED) is 0.837. The molecule has 116 valence electrons. The fourth-order valence-corrected chi connectivity index (χ4v) is 2.31. The number of benzene rings is 1. The van der Waals surface area contributed by atoms with Crippen LogP contribution in [-0.4, -0.2) is 42.2 Å². The Labute approximate surface area is 125 Å². The van der Waals surface area contributed by atoms with Gasteiger partial charge >= 0.3 is 0 Å². The Kier molecular flexibility index (Phi) is 5.07. The fraction of sp³-hybridized carbons (Fsp3) is 0.562. The summed E-state index contributed by atoms with van der Waals surface area (Å²) in [5.74, 6) is 1.04. The van der Waals surface area contributed by atoms with Crippen molar-refractivity contribution in [3.63, 3.8) is 0 Å². The molecule has 1 atom stereocenters. The average molecular weight is 293 g/mol. The SMILES string of the molecule is CCN(C(=O)COc1ccc(C(C)O)cc1OC)C1CC1. The van der Waals surface area contributed by atoms with Gasteiger partial charge in [-0.25, -0.2) is 0 Å². The number of likely N-dealkylation sites (N-methyl/N-ethyl adjacent to an activating group) is 1. The molecule has 1 N–H and O–H groups in total. The lowest BCUT2D eigenvalue weighted by atomic mass is 10.1. The van der Waals surface area contributed by atoms with Crippen molar-refractivity contribution in [3.8, 4) is 11.5 Å². The van der Waals surface area contributed by atoms with E-state index in [1.807, 2.05) is 11.8 Å². The smallest absolute Gasteiger partial charge is 0.260 e. The standard InChI is InChI=1S/C16H23NO4/c1-4-17(13-6-7-13)16(19)10-21-14-8-5-12(11(2)18)9-15(14)20-3/h5,8-9,11,13,18H,4,6-7,10H2,1-3H3. The summed E-state index contributed by atoms with van der Waals surface area (Å²) >= 11 is 0. The summed E-state index contributed by atoms with van der Waals surface area (Å²) in [7, 11) is 1.54. The van der Waals surface area contributed by atoms with Gasteiger partial charge in [-0.15, -0.1) is 0 Å². The molecule has 1 fully saturated rings. The molecule has 0 bridgehead atoms. The predicted octanol–water partition coefficient (Wildman–Crippen LogP) is 2.14. The van der Waals surface area contributed by atoms with Gasteiger partial charge in [0, 0.05) is 12.6 Å². The maximum atomic E-state index is 12.1. The number of carbonyl (C=O) groups is 1. The Hall–Kier alpha value is -1.75. The first-order chi connectivity index (χ1) is 10.1. The molecule has 1 aromatic rings. The molecule has 0 spiro atoms. The lowest BCUT2D eigenvalue weighted by Crippen LogP contribution is -2.36. The molecule has 1 amide bonds. The van der Waals surface area contributed by atoms with Crippen molar-refractivity contribution in [2.75, 3.05) is 20.3 Å². The molecule has 5 nitrogen and oxygen atoms in total. The monoisotopic (exact) mass is 293 g/mol. The number of carbonyl (C=O) groups excluding carboxylic acids is 1. The number of amides is 1. The van der Waals surface area contributed by atoms with Gasteiger partial charge in [0.2, 0.25) is 0 Å². The van der Waals surface area contributed by atoms with E-state index in [9.17, 15) is 9.90 Å². The van der Waals surface area contributed by atoms with Gasteiger partial charge in [0.25, 0.3) is 5.91 Å². The fourth-order valence-electron chi connectivity index (χ4n) is 2.31. The topological polar surface area (TPSA) is 59.0 Å². The summed E-state index contributed by atoms with van der Waals surface area (Å²) in [5, 5.41) is 9.57. The third-order valence-corrected chi connectivity index (χ3v) is 3.67. The van der Waals surface area contributed by atoms with Crippen LogP contribution in [0.3, 0.4) is 0 Å². The average Bonchev–Trinajstić information content (AvgIpc) is 3.30. The minimum absolute atomic E-state index is 0.00153. The van der Waals surface area contributed by atoms with E-state index in [1.165, 1.54) is 0 Å². The van der Waals surface area contributed by atoms with Crippen LogP contribution in [0.5, 0.6) is 11.5 Å². The molecule has 0 radical (unpaired) electrons. The second-order valence-corrected chi connectivity index (χ2v) is 5.29. The van der Waals surface area contributed by atoms with Crippen LogP contribution < -0.4 is 9.47 Å². The highest BCUT2D eigenvalue weighted by Gasteiger charge is 2.31. The zero-order valence-electron chi connectivity index (χ0n) is 12.8. The second-order valence-electron chi connectivity index (χ2n) is 5.29. The van der Waals surface area contributed by atoms with Crippen molar-refractivity contribution in [1.82, 2.24) is 4.90 Å². The molecule has 1 aliphatic rings. The van der Waals surface area contributed by atoms with E-state index >= 15 is 0 Å². The molecule has 1 unspecified atom stereocenters. The molecule has 1 saturated carbocycles. The molecule has 0 aromatic heterocycles. The maximum absolute atomic E-state index is 12.1. The van der Waals surface area contributed by atoms with E-state index < -0.39 is 6.10 Å². The van der Waals surface area contributed by atoms with Gasteiger partial charge in [-0.2, -0.15) is 0 Å². The highest BCUT2D eigenvalue weighted by atomic mass is 16.5. The molecule has 1 aliphatic carbocycles. The van der Waals surface area contributed by atoms with Crippen LogP contribution in [0.25, 0.3) is 0 Å². The van der Waals surface area contributed by atoms with Crippen LogP contribution in [0.4, 0.5) is 0 Å². The number of aliphatic hydroxyl groups excluding tert-OH is 1. The van der Waals surface area contributed by atoms with Crippen LogP contribution >= 0.6 is 0 Å². The Balaban J connectivity index is 2.00. The number of methoxy groups -OCH3 is 1. The highest BCUT2D eigenvalue weighted by molar-refractivity contribution is 5.78. The summed E-state index contributed by atoms with van der Waals surface area (Å²) in [6, 6.07) is 5.61. The van der Waals surface area contributed by atoms with Crippen molar-refractivity contribution in [1.29, 1.82) is 0 Å². The molecule has 0 aliphatic heterocycles. The van der Waals surface area contributed by atoms with E-state index in [0.717, 1.165) is 18.4 Å². The molecule has 0 heterocycles. The minimum atomic E-state index is -0.569. The first-order valence-corrected chi connectivity index (χ1v) is 7.35. The Morgan fingerprint density at radius 2 is 2.14 bits per heavy atom. The Morgan fingerprint density at radius 3 is 2.67 bits per heavy atom. The molecule has 2 rings (SSSR count). The van der Waals surface area contributed by atoms with Crippen molar-refractivity contribution in [3.05, 3.63) is 23.8 Å². The number of hydrogen-bond donors (Lipinski definition) is 1. The minimum Gasteiger partial charge on any atom is -0.493 e. The van der Waals surface area contributed by atoms with Gasteiger partial charge in [0.15, 0.2) is 18.1 Å². The van der Waals surface area contributed by atoms with Gasteiger partial charge in [0.1, 0.15) is 0 Å². The molecule has 1 aromatic carbocycles. The predicted molar refractivity (Wildman–Crippen MR) is 79.5 cm³/mol. The maximum Gasteiger partial charge on any atom is 0.260 e. The van der Waals surface area contributed by atoms with Gasteiger partial charge in [-0.3, -0.25) is 4.79 Å². The van der Waals surface area contributed by atoms with Gasteiger partial charge in [-0.05, 0) is 44.4 Å². The van der Waals surface area contributed by atoms with Gasteiger partial charge in [-0.1, -0.05) is 6.07 Å². The molecule has 0 saturated heterocycles. The lowest BCUT2D eigenvalue weighted by molar-refractivity contribution is -0.133. The highest BCUT2D eigenvalue weighted by Crippen LogP contribution is 2.31. The van der Waals surface area contributed by atoms with Crippen LogP contribution in [0.15, 0.2) is 18.2 Å². The zero-order chi connectivity index (χ0) is 15.4. The third kappa shape index (κ3) is 3.88. The number of hydrogen-bond acceptors (Lipinski definition) is 4. The summed E-state index contributed by atoms with van der Waals surface area (Å²) in [5.41, 5.74) is 0.749. The largest absolute Gasteiger partial charge is 0.493 e. The van der Waals surface area contributed by atoms with E-state index in [1.54, 1.807) is 32.2 Å². The second kappa shape index (κ2) is 6.80.